The fourth-order valence-electron chi connectivity index (χ4n) is 1.50. The first kappa shape index (κ1) is 20.9. The zero-order valence-electron chi connectivity index (χ0n) is 12.7. The van der Waals surface area contributed by atoms with Crippen molar-refractivity contribution in [2.75, 3.05) is 31.3 Å². The van der Waals surface area contributed by atoms with E-state index in [1.807, 2.05) is 18.2 Å². The molecule has 0 amide bonds. The second-order valence-corrected chi connectivity index (χ2v) is 6.37. The lowest BCUT2D eigenvalue weighted by Gasteiger charge is -2.07. The van der Waals surface area contributed by atoms with Gasteiger partial charge in [-0.15, -0.1) is 24.0 Å². The van der Waals surface area contributed by atoms with Crippen molar-refractivity contribution in [2.45, 2.75) is 13.3 Å². The minimum Gasteiger partial charge on any atom is -0.497 e. The van der Waals surface area contributed by atoms with Crippen LogP contribution in [0, 0.1) is 0 Å². The highest BCUT2D eigenvalue weighted by atomic mass is 127. The van der Waals surface area contributed by atoms with Crippen molar-refractivity contribution in [3.8, 4) is 5.75 Å². The molecule has 0 aliphatic heterocycles. The van der Waals surface area contributed by atoms with Crippen LogP contribution in [0.3, 0.4) is 0 Å². The van der Waals surface area contributed by atoms with Crippen LogP contribution in [0.4, 0.5) is 5.69 Å². The Bertz CT molecular complexity index is 578. The molecule has 0 aromatic heterocycles. The van der Waals surface area contributed by atoms with E-state index >= 15 is 0 Å². The molecule has 0 fully saturated rings. The van der Waals surface area contributed by atoms with Gasteiger partial charge in [0.05, 0.1) is 12.9 Å². The standard InChI is InChI=1S/C13H22N4O3S.HI/c1-3-21(18,19)16-9-5-8-15-13(14)17-11-6-4-7-12(10-11)20-2;/h4,6-7,10,16H,3,5,8-9H2,1-2H3,(H3,14,15,17);1H. The molecule has 1 aromatic carbocycles. The van der Waals surface area contributed by atoms with Crippen LogP contribution >= 0.6 is 24.0 Å². The molecule has 0 saturated carbocycles. The number of guanidine groups is 1. The van der Waals surface area contributed by atoms with Crippen molar-refractivity contribution in [1.29, 1.82) is 0 Å². The van der Waals surface area contributed by atoms with Gasteiger partial charge < -0.3 is 15.8 Å². The van der Waals surface area contributed by atoms with E-state index < -0.39 is 10.0 Å². The quantitative estimate of drug-likeness (QED) is 0.244. The highest BCUT2D eigenvalue weighted by Gasteiger charge is 2.04. The zero-order valence-corrected chi connectivity index (χ0v) is 15.9. The second kappa shape index (κ2) is 10.6. The van der Waals surface area contributed by atoms with Crippen molar-refractivity contribution < 1.29 is 13.2 Å². The Labute approximate surface area is 148 Å². The van der Waals surface area contributed by atoms with Gasteiger partial charge >= 0.3 is 0 Å². The van der Waals surface area contributed by atoms with Crippen LogP contribution in [-0.4, -0.2) is 40.3 Å². The monoisotopic (exact) mass is 442 g/mol. The number of aliphatic imine (C=N–C) groups is 1. The summed E-state index contributed by atoms with van der Waals surface area (Å²) in [6.07, 6.45) is 0.583. The van der Waals surface area contributed by atoms with Crippen LogP contribution in [0.5, 0.6) is 5.75 Å². The molecule has 4 N–H and O–H groups in total. The van der Waals surface area contributed by atoms with Gasteiger partial charge in [0, 0.05) is 24.8 Å². The first-order chi connectivity index (χ1) is 9.96. The predicted octanol–water partition coefficient (Wildman–Crippen LogP) is 1.37. The van der Waals surface area contributed by atoms with Gasteiger partial charge in [-0.05, 0) is 25.5 Å². The van der Waals surface area contributed by atoms with Crippen LogP contribution in [0.25, 0.3) is 0 Å². The Morgan fingerprint density at radius 3 is 2.77 bits per heavy atom. The van der Waals surface area contributed by atoms with E-state index in [0.29, 0.717) is 19.5 Å². The number of nitrogens with two attached hydrogens (primary N) is 1. The van der Waals surface area contributed by atoms with E-state index in [9.17, 15) is 8.42 Å². The number of rotatable bonds is 8. The van der Waals surface area contributed by atoms with Crippen LogP contribution in [0.1, 0.15) is 13.3 Å². The summed E-state index contributed by atoms with van der Waals surface area (Å²) in [5.41, 5.74) is 6.53. The molecule has 9 heteroatoms. The van der Waals surface area contributed by atoms with Gasteiger partial charge in [0.25, 0.3) is 0 Å². The molecule has 0 aliphatic rings. The molecule has 0 radical (unpaired) electrons. The third-order valence-electron chi connectivity index (χ3n) is 2.66. The van der Waals surface area contributed by atoms with Crippen molar-refractivity contribution >= 4 is 45.6 Å². The Morgan fingerprint density at radius 2 is 2.14 bits per heavy atom. The summed E-state index contributed by atoms with van der Waals surface area (Å²) in [6.45, 7) is 2.39. The maximum Gasteiger partial charge on any atom is 0.211 e. The smallest absolute Gasteiger partial charge is 0.211 e. The number of anilines is 1. The number of methoxy groups -OCH3 is 1. The summed E-state index contributed by atoms with van der Waals surface area (Å²) in [5, 5.41) is 2.94. The van der Waals surface area contributed by atoms with Gasteiger partial charge in [0.15, 0.2) is 5.96 Å². The number of nitrogens with one attached hydrogen (secondary N) is 2. The fourth-order valence-corrected chi connectivity index (χ4v) is 2.16. The average molecular weight is 442 g/mol. The van der Waals surface area contributed by atoms with E-state index in [2.05, 4.69) is 15.0 Å². The molecule has 0 spiro atoms. The topological polar surface area (TPSA) is 106 Å². The van der Waals surface area contributed by atoms with Gasteiger partial charge in [-0.2, -0.15) is 0 Å². The van der Waals surface area contributed by atoms with Crippen LogP contribution in [0.2, 0.25) is 0 Å². The molecule has 0 heterocycles. The first-order valence-electron chi connectivity index (χ1n) is 6.65. The molecule has 0 aliphatic carbocycles. The van der Waals surface area contributed by atoms with E-state index in [-0.39, 0.29) is 35.7 Å². The molecule has 126 valence electrons. The van der Waals surface area contributed by atoms with Crippen molar-refractivity contribution in [2.24, 2.45) is 10.7 Å². The number of halogens is 1. The number of ether oxygens (including phenoxy) is 1. The Morgan fingerprint density at radius 1 is 1.41 bits per heavy atom. The molecule has 7 nitrogen and oxygen atoms in total. The van der Waals surface area contributed by atoms with Crippen LogP contribution < -0.4 is 20.5 Å². The summed E-state index contributed by atoms with van der Waals surface area (Å²) in [6, 6.07) is 7.32. The molecule has 0 saturated heterocycles. The van der Waals surface area contributed by atoms with Gasteiger partial charge in [-0.25, -0.2) is 13.1 Å². The molecule has 22 heavy (non-hydrogen) atoms. The Balaban J connectivity index is 0.00000441. The third kappa shape index (κ3) is 8.39. The van der Waals surface area contributed by atoms with E-state index in [0.717, 1.165) is 11.4 Å². The lowest BCUT2D eigenvalue weighted by molar-refractivity contribution is 0.415. The average Bonchev–Trinajstić information content (AvgIpc) is 2.47. The lowest BCUT2D eigenvalue weighted by Crippen LogP contribution is -2.27. The van der Waals surface area contributed by atoms with E-state index in [1.165, 1.54) is 0 Å². The summed E-state index contributed by atoms with van der Waals surface area (Å²) < 4.78 is 30.0. The number of benzene rings is 1. The van der Waals surface area contributed by atoms with Gasteiger partial charge in [0.1, 0.15) is 5.75 Å². The van der Waals surface area contributed by atoms with Crippen molar-refractivity contribution in [1.82, 2.24) is 4.72 Å². The van der Waals surface area contributed by atoms with Crippen LogP contribution in [-0.2, 0) is 10.0 Å². The molecular weight excluding hydrogens is 419 g/mol. The Hall–Kier alpha value is -1.07. The fraction of sp³-hybridized carbons (Fsp3) is 0.462. The van der Waals surface area contributed by atoms with Gasteiger partial charge in [-0.3, -0.25) is 4.99 Å². The van der Waals surface area contributed by atoms with Gasteiger partial charge in [-0.1, -0.05) is 6.07 Å². The first-order valence-corrected chi connectivity index (χ1v) is 8.30. The van der Waals surface area contributed by atoms with Crippen molar-refractivity contribution in [3.63, 3.8) is 0 Å². The van der Waals surface area contributed by atoms with Gasteiger partial charge in [0.2, 0.25) is 10.0 Å². The zero-order chi connectivity index (χ0) is 15.7. The van der Waals surface area contributed by atoms with E-state index in [4.69, 9.17) is 10.5 Å². The second-order valence-electron chi connectivity index (χ2n) is 4.28. The molecule has 0 atom stereocenters. The summed E-state index contributed by atoms with van der Waals surface area (Å²) >= 11 is 0. The number of hydrogen-bond donors (Lipinski definition) is 3. The SMILES string of the molecule is CCS(=O)(=O)NCCCN=C(N)Nc1cccc(OC)c1.I. The van der Waals surface area contributed by atoms with Crippen LogP contribution in [0.15, 0.2) is 29.3 Å². The highest BCUT2D eigenvalue weighted by Crippen LogP contribution is 2.16. The molecular formula is C13H23IN4O3S. The predicted molar refractivity (Wildman–Crippen MR) is 101 cm³/mol. The number of sulfonamides is 1. The van der Waals surface area contributed by atoms with Crippen molar-refractivity contribution in [3.05, 3.63) is 24.3 Å². The molecule has 0 unspecified atom stereocenters. The summed E-state index contributed by atoms with van der Waals surface area (Å²) in [7, 11) is -1.54. The summed E-state index contributed by atoms with van der Waals surface area (Å²) in [5.74, 6) is 1.08. The number of hydrogen-bond acceptors (Lipinski definition) is 4. The largest absolute Gasteiger partial charge is 0.497 e. The maximum atomic E-state index is 11.2. The minimum atomic E-state index is -3.14. The third-order valence-corrected chi connectivity index (χ3v) is 4.07. The Kier molecular flexibility index (Phi) is 10.1. The number of nitrogens with zero attached hydrogens (tertiary/aromatic N) is 1. The minimum absolute atomic E-state index is 0. The molecule has 1 aromatic rings. The molecule has 0 bridgehead atoms. The lowest BCUT2D eigenvalue weighted by atomic mass is 10.3. The normalized spacial score (nSPS) is 11.6. The van der Waals surface area contributed by atoms with E-state index in [1.54, 1.807) is 20.1 Å². The maximum absolute atomic E-state index is 11.2. The summed E-state index contributed by atoms with van der Waals surface area (Å²) in [4.78, 5) is 4.13. The highest BCUT2D eigenvalue weighted by molar-refractivity contribution is 14.0. The molecule has 1 rings (SSSR count).